The van der Waals surface area contributed by atoms with Gasteiger partial charge in [0.05, 0.1) is 18.3 Å². The molecule has 1 N–H and O–H groups in total. The number of anilines is 1. The maximum absolute atomic E-state index is 13.5. The molecule has 1 aromatic heterocycles. The Morgan fingerprint density at radius 1 is 1.52 bits per heavy atom. The molecule has 4 nitrogen and oxygen atoms in total. The third kappa shape index (κ3) is 4.14. The molecule has 0 bridgehead atoms. The molecule has 2 unspecified atom stereocenters. The van der Waals surface area contributed by atoms with Crippen LogP contribution in [0.1, 0.15) is 32.8 Å². The van der Waals surface area contributed by atoms with Crippen LogP contribution < -0.4 is 10.2 Å². The van der Waals surface area contributed by atoms with Crippen molar-refractivity contribution in [1.29, 1.82) is 0 Å². The van der Waals surface area contributed by atoms with Crippen LogP contribution in [0.2, 0.25) is 0 Å². The van der Waals surface area contributed by atoms with Crippen molar-refractivity contribution >= 4 is 5.82 Å². The van der Waals surface area contributed by atoms with Gasteiger partial charge in [-0.1, -0.05) is 13.8 Å². The van der Waals surface area contributed by atoms with Crippen LogP contribution in [0.3, 0.4) is 0 Å². The van der Waals surface area contributed by atoms with Gasteiger partial charge in [-0.15, -0.1) is 0 Å². The van der Waals surface area contributed by atoms with Gasteiger partial charge in [-0.05, 0) is 31.9 Å². The number of hydrogen-bond acceptors (Lipinski definition) is 4. The van der Waals surface area contributed by atoms with E-state index in [1.807, 2.05) is 7.05 Å². The van der Waals surface area contributed by atoms with Crippen molar-refractivity contribution < 1.29 is 9.13 Å². The van der Waals surface area contributed by atoms with Crippen molar-refractivity contribution in [3.8, 4) is 0 Å². The first kappa shape index (κ1) is 16.2. The molecule has 0 aliphatic carbocycles. The van der Waals surface area contributed by atoms with Gasteiger partial charge in [0, 0.05) is 25.8 Å². The van der Waals surface area contributed by atoms with Crippen molar-refractivity contribution in [3.63, 3.8) is 0 Å². The second-order valence-corrected chi connectivity index (χ2v) is 6.20. The minimum atomic E-state index is -0.288. The lowest BCUT2D eigenvalue weighted by atomic mass is 10.1. The highest BCUT2D eigenvalue weighted by atomic mass is 19.1. The number of rotatable bonds is 6. The molecule has 0 saturated carbocycles. The fourth-order valence-corrected chi connectivity index (χ4v) is 2.80. The fourth-order valence-electron chi connectivity index (χ4n) is 2.80. The highest BCUT2D eigenvalue weighted by Crippen LogP contribution is 2.25. The van der Waals surface area contributed by atoms with Crippen LogP contribution >= 0.6 is 0 Å². The third-order valence-electron chi connectivity index (χ3n) is 3.95. The Labute approximate surface area is 126 Å². The summed E-state index contributed by atoms with van der Waals surface area (Å²) in [5, 5.41) is 3.36. The lowest BCUT2D eigenvalue weighted by molar-refractivity contribution is 0.118. The van der Waals surface area contributed by atoms with E-state index in [1.165, 1.54) is 6.20 Å². The van der Waals surface area contributed by atoms with E-state index in [9.17, 15) is 4.39 Å². The van der Waals surface area contributed by atoms with Crippen LogP contribution in [0.4, 0.5) is 10.2 Å². The molecule has 1 aromatic rings. The van der Waals surface area contributed by atoms with Crippen LogP contribution in [0.25, 0.3) is 0 Å². The standard InChI is InChI=1S/C16H26FN3O/c1-11(2)8-18-9-13-7-14(17)10-19-16(13)20(4)15-5-6-21-12(15)3/h7,10-12,15,18H,5-6,8-9H2,1-4H3. The number of hydrogen-bond donors (Lipinski definition) is 1. The molecule has 0 spiro atoms. The van der Waals surface area contributed by atoms with Gasteiger partial charge >= 0.3 is 0 Å². The summed E-state index contributed by atoms with van der Waals surface area (Å²) in [5.41, 5.74) is 0.900. The first-order valence-electron chi connectivity index (χ1n) is 7.68. The number of likely N-dealkylation sites (N-methyl/N-ethyl adjacent to an activating group) is 1. The maximum Gasteiger partial charge on any atom is 0.141 e. The Balaban J connectivity index is 2.13. The molecule has 1 aliphatic rings. The molecule has 118 valence electrons. The highest BCUT2D eigenvalue weighted by Gasteiger charge is 2.29. The quantitative estimate of drug-likeness (QED) is 0.875. The van der Waals surface area contributed by atoms with Crippen LogP contribution in [-0.2, 0) is 11.3 Å². The van der Waals surface area contributed by atoms with Crippen LogP contribution in [0.5, 0.6) is 0 Å². The molecular formula is C16H26FN3O. The molecule has 0 aromatic carbocycles. The van der Waals surface area contributed by atoms with Gasteiger partial charge in [-0.2, -0.15) is 0 Å². The van der Waals surface area contributed by atoms with Gasteiger partial charge in [0.1, 0.15) is 11.6 Å². The molecule has 1 saturated heterocycles. The van der Waals surface area contributed by atoms with Crippen molar-refractivity contribution in [2.75, 3.05) is 25.1 Å². The van der Waals surface area contributed by atoms with Gasteiger partial charge in [0.25, 0.3) is 0 Å². The third-order valence-corrected chi connectivity index (χ3v) is 3.95. The molecule has 2 rings (SSSR count). The normalized spacial score (nSPS) is 22.0. The predicted molar refractivity (Wildman–Crippen MR) is 83.0 cm³/mol. The van der Waals surface area contributed by atoms with Gasteiger partial charge in [-0.3, -0.25) is 0 Å². The van der Waals surface area contributed by atoms with E-state index in [0.29, 0.717) is 18.5 Å². The minimum Gasteiger partial charge on any atom is -0.376 e. The average molecular weight is 295 g/mol. The zero-order chi connectivity index (χ0) is 15.4. The van der Waals surface area contributed by atoms with Gasteiger partial charge in [0.2, 0.25) is 0 Å². The molecule has 2 atom stereocenters. The zero-order valence-electron chi connectivity index (χ0n) is 13.4. The molecule has 0 amide bonds. The number of halogens is 1. The Hall–Kier alpha value is -1.20. The van der Waals surface area contributed by atoms with E-state index >= 15 is 0 Å². The molecule has 1 aliphatic heterocycles. The summed E-state index contributed by atoms with van der Waals surface area (Å²) in [6.45, 7) is 8.70. The second kappa shape index (κ2) is 7.18. The van der Waals surface area contributed by atoms with Crippen molar-refractivity contribution in [1.82, 2.24) is 10.3 Å². The first-order valence-corrected chi connectivity index (χ1v) is 7.68. The van der Waals surface area contributed by atoms with Crippen LogP contribution in [-0.4, -0.2) is 37.3 Å². The highest BCUT2D eigenvalue weighted by molar-refractivity contribution is 5.47. The van der Waals surface area contributed by atoms with E-state index in [0.717, 1.165) is 31.0 Å². The zero-order valence-corrected chi connectivity index (χ0v) is 13.4. The summed E-state index contributed by atoms with van der Waals surface area (Å²) >= 11 is 0. The SMILES string of the molecule is CC(C)CNCc1cc(F)cnc1N(C)C1CCOC1C. The Morgan fingerprint density at radius 3 is 2.90 bits per heavy atom. The summed E-state index contributed by atoms with van der Waals surface area (Å²) in [7, 11) is 2.02. The number of aromatic nitrogens is 1. The Kier molecular flexibility index (Phi) is 5.53. The molecule has 1 fully saturated rings. The van der Waals surface area contributed by atoms with E-state index in [-0.39, 0.29) is 11.9 Å². The summed E-state index contributed by atoms with van der Waals surface area (Å²) in [6, 6.07) is 1.87. The predicted octanol–water partition coefficient (Wildman–Crippen LogP) is 2.58. The monoisotopic (exact) mass is 295 g/mol. The van der Waals surface area contributed by atoms with Gasteiger partial charge in [-0.25, -0.2) is 9.37 Å². The molecule has 5 heteroatoms. The largest absolute Gasteiger partial charge is 0.376 e. The molecule has 21 heavy (non-hydrogen) atoms. The summed E-state index contributed by atoms with van der Waals surface area (Å²) in [4.78, 5) is 6.44. The first-order chi connectivity index (χ1) is 9.99. The summed E-state index contributed by atoms with van der Waals surface area (Å²) in [6.07, 6.45) is 2.45. The van der Waals surface area contributed by atoms with Crippen LogP contribution in [0.15, 0.2) is 12.3 Å². The number of nitrogens with zero attached hydrogens (tertiary/aromatic N) is 2. The van der Waals surface area contributed by atoms with Crippen molar-refractivity contribution in [3.05, 3.63) is 23.6 Å². The average Bonchev–Trinajstić information content (AvgIpc) is 2.84. The topological polar surface area (TPSA) is 37.4 Å². The molecule has 0 radical (unpaired) electrons. The summed E-state index contributed by atoms with van der Waals surface area (Å²) in [5.74, 6) is 1.12. The maximum atomic E-state index is 13.5. The minimum absolute atomic E-state index is 0.179. The number of nitrogens with one attached hydrogen (secondary N) is 1. The smallest absolute Gasteiger partial charge is 0.141 e. The van der Waals surface area contributed by atoms with Crippen LogP contribution in [0, 0.1) is 11.7 Å². The second-order valence-electron chi connectivity index (χ2n) is 6.20. The fraction of sp³-hybridized carbons (Fsp3) is 0.688. The van der Waals surface area contributed by atoms with Crippen molar-refractivity contribution in [2.45, 2.75) is 45.9 Å². The van der Waals surface area contributed by atoms with E-state index < -0.39 is 0 Å². The number of pyridine rings is 1. The summed E-state index contributed by atoms with van der Waals surface area (Å²) < 4.78 is 19.1. The number of ether oxygens (including phenoxy) is 1. The van der Waals surface area contributed by atoms with E-state index in [1.54, 1.807) is 6.07 Å². The Morgan fingerprint density at radius 2 is 2.29 bits per heavy atom. The van der Waals surface area contributed by atoms with Gasteiger partial charge < -0.3 is 15.0 Å². The molecule has 2 heterocycles. The van der Waals surface area contributed by atoms with Gasteiger partial charge in [0.15, 0.2) is 0 Å². The lowest BCUT2D eigenvalue weighted by Gasteiger charge is -2.29. The Bertz CT molecular complexity index is 467. The van der Waals surface area contributed by atoms with Crippen molar-refractivity contribution in [2.24, 2.45) is 5.92 Å². The van der Waals surface area contributed by atoms with E-state index in [4.69, 9.17) is 4.74 Å². The molecular weight excluding hydrogens is 269 g/mol. The van der Waals surface area contributed by atoms with E-state index in [2.05, 4.69) is 36.0 Å². The lowest BCUT2D eigenvalue weighted by Crippen LogP contribution is -2.38.